The summed E-state index contributed by atoms with van der Waals surface area (Å²) in [5, 5.41) is 6.75. The molecule has 9 heteroatoms. The smallest absolute Gasteiger partial charge is 0.326 e. The Morgan fingerprint density at radius 3 is 2.31 bits per heavy atom. The number of halogens is 1. The summed E-state index contributed by atoms with van der Waals surface area (Å²) in [6.45, 7) is 0.928. The molecule has 0 saturated heterocycles. The average Bonchev–Trinajstić information content (AvgIpc) is 2.71. The van der Waals surface area contributed by atoms with Gasteiger partial charge in [-0.1, -0.05) is 42.5 Å². The summed E-state index contributed by atoms with van der Waals surface area (Å²) in [6, 6.07) is 13.6. The van der Waals surface area contributed by atoms with Crippen LogP contribution in [0.4, 0.5) is 9.18 Å². The van der Waals surface area contributed by atoms with Crippen LogP contribution < -0.4 is 16.0 Å². The molecule has 0 radical (unpaired) electrons. The molecule has 0 saturated carbocycles. The van der Waals surface area contributed by atoms with Gasteiger partial charge < -0.3 is 15.4 Å². The zero-order valence-electron chi connectivity index (χ0n) is 15.6. The summed E-state index contributed by atoms with van der Waals surface area (Å²) < 4.78 is 18.4. The molecule has 4 amide bonds. The molecule has 3 N–H and O–H groups in total. The second-order valence-corrected chi connectivity index (χ2v) is 5.95. The topological polar surface area (TPSA) is 114 Å². The highest BCUT2D eigenvalue weighted by Crippen LogP contribution is 2.05. The van der Waals surface area contributed by atoms with Crippen LogP contribution in [0.2, 0.25) is 0 Å². The molecule has 0 heterocycles. The van der Waals surface area contributed by atoms with Crippen LogP contribution in [0.5, 0.6) is 0 Å². The van der Waals surface area contributed by atoms with Crippen LogP contribution in [-0.4, -0.2) is 36.5 Å². The Balaban J connectivity index is 1.72. The fourth-order valence-corrected chi connectivity index (χ4v) is 2.22. The molecule has 0 aliphatic carbocycles. The Hall–Kier alpha value is -3.75. The number of urea groups is 1. The number of amides is 4. The number of carbonyl (C=O) groups is 4. The molecule has 0 aromatic heterocycles. The summed E-state index contributed by atoms with van der Waals surface area (Å²) in [7, 11) is 0. The molecule has 0 bridgehead atoms. The SMILES string of the molecule is C[C@H](OC(=O)CNC(=O)c1ccccc1F)C(=O)NC(=O)NCc1ccccc1. The molecule has 2 rings (SSSR count). The molecule has 2 aromatic carbocycles. The van der Waals surface area contributed by atoms with Crippen LogP contribution in [0.1, 0.15) is 22.8 Å². The van der Waals surface area contributed by atoms with Gasteiger partial charge >= 0.3 is 12.0 Å². The van der Waals surface area contributed by atoms with Crippen LogP contribution in [0.15, 0.2) is 54.6 Å². The Morgan fingerprint density at radius 1 is 0.966 bits per heavy atom. The van der Waals surface area contributed by atoms with Crippen LogP contribution in [0, 0.1) is 5.82 Å². The fraction of sp³-hybridized carbons (Fsp3) is 0.200. The third-order valence-electron chi connectivity index (χ3n) is 3.72. The molecule has 2 aromatic rings. The number of imide groups is 1. The molecule has 0 unspecified atom stereocenters. The quantitative estimate of drug-likeness (QED) is 0.609. The molecule has 152 valence electrons. The van der Waals surface area contributed by atoms with Gasteiger partial charge in [-0.3, -0.25) is 19.7 Å². The molecule has 1 atom stereocenters. The van der Waals surface area contributed by atoms with E-state index in [-0.39, 0.29) is 12.1 Å². The van der Waals surface area contributed by atoms with Gasteiger partial charge in [0.25, 0.3) is 11.8 Å². The van der Waals surface area contributed by atoms with Gasteiger partial charge in [-0.25, -0.2) is 9.18 Å². The molecular formula is C20H20FN3O5. The van der Waals surface area contributed by atoms with Crippen molar-refractivity contribution < 1.29 is 28.3 Å². The molecule has 8 nitrogen and oxygen atoms in total. The minimum absolute atomic E-state index is 0.218. The number of ether oxygens (including phenoxy) is 1. The van der Waals surface area contributed by atoms with Crippen molar-refractivity contribution in [3.8, 4) is 0 Å². The molecule has 0 aliphatic heterocycles. The van der Waals surface area contributed by atoms with Gasteiger partial charge in [-0.05, 0) is 24.6 Å². The second kappa shape index (κ2) is 10.5. The van der Waals surface area contributed by atoms with Crippen molar-refractivity contribution in [2.24, 2.45) is 0 Å². The normalized spacial score (nSPS) is 11.1. The number of rotatable bonds is 7. The lowest BCUT2D eigenvalue weighted by atomic mass is 10.2. The van der Waals surface area contributed by atoms with Gasteiger partial charge in [0, 0.05) is 6.54 Å². The average molecular weight is 401 g/mol. The standard InChI is InChI=1S/C20H20FN3O5/c1-13(18(26)24-20(28)23-11-14-7-3-2-4-8-14)29-17(25)12-22-19(27)15-9-5-6-10-16(15)21/h2-10,13H,11-12H2,1H3,(H,22,27)(H2,23,24,26,28)/t13-/m0/s1. The van der Waals surface area contributed by atoms with E-state index in [0.717, 1.165) is 11.6 Å². The first-order chi connectivity index (χ1) is 13.9. The third kappa shape index (κ3) is 7.06. The number of esters is 1. The van der Waals surface area contributed by atoms with E-state index in [1.165, 1.54) is 25.1 Å². The summed E-state index contributed by atoms with van der Waals surface area (Å²) >= 11 is 0. The Morgan fingerprint density at radius 2 is 1.62 bits per heavy atom. The lowest BCUT2D eigenvalue weighted by molar-refractivity contribution is -0.153. The third-order valence-corrected chi connectivity index (χ3v) is 3.72. The van der Waals surface area contributed by atoms with E-state index in [2.05, 4.69) is 16.0 Å². The van der Waals surface area contributed by atoms with Crippen molar-refractivity contribution >= 4 is 23.8 Å². The maximum absolute atomic E-state index is 13.5. The van der Waals surface area contributed by atoms with E-state index < -0.39 is 42.3 Å². The van der Waals surface area contributed by atoms with Crippen molar-refractivity contribution in [3.63, 3.8) is 0 Å². The predicted octanol–water partition coefficient (Wildman–Crippen LogP) is 1.51. The van der Waals surface area contributed by atoms with Crippen LogP contribution in [0.25, 0.3) is 0 Å². The number of hydrogen-bond acceptors (Lipinski definition) is 5. The summed E-state index contributed by atoms with van der Waals surface area (Å²) in [5.41, 5.74) is 0.626. The van der Waals surface area contributed by atoms with Crippen molar-refractivity contribution in [3.05, 3.63) is 71.5 Å². The number of hydrogen-bond donors (Lipinski definition) is 3. The van der Waals surface area contributed by atoms with Crippen molar-refractivity contribution in [2.45, 2.75) is 19.6 Å². The van der Waals surface area contributed by atoms with Crippen molar-refractivity contribution in [2.75, 3.05) is 6.54 Å². The first kappa shape index (κ1) is 21.5. The summed E-state index contributed by atoms with van der Waals surface area (Å²) in [6.07, 6.45) is -1.27. The molecule has 0 fully saturated rings. The van der Waals surface area contributed by atoms with Gasteiger partial charge in [0.2, 0.25) is 0 Å². The predicted molar refractivity (Wildman–Crippen MR) is 101 cm³/mol. The van der Waals surface area contributed by atoms with E-state index in [9.17, 15) is 23.6 Å². The van der Waals surface area contributed by atoms with Gasteiger partial charge in [-0.2, -0.15) is 0 Å². The Labute approximate surface area is 166 Å². The van der Waals surface area contributed by atoms with Crippen molar-refractivity contribution in [1.29, 1.82) is 0 Å². The highest BCUT2D eigenvalue weighted by molar-refractivity contribution is 5.98. The zero-order valence-corrected chi connectivity index (χ0v) is 15.6. The van der Waals surface area contributed by atoms with E-state index in [1.807, 2.05) is 30.3 Å². The van der Waals surface area contributed by atoms with Gasteiger partial charge in [0.1, 0.15) is 12.4 Å². The van der Waals surface area contributed by atoms with Crippen LogP contribution in [-0.2, 0) is 20.9 Å². The Bertz CT molecular complexity index is 889. The first-order valence-corrected chi connectivity index (χ1v) is 8.71. The van der Waals surface area contributed by atoms with Gasteiger partial charge in [-0.15, -0.1) is 0 Å². The maximum atomic E-state index is 13.5. The minimum atomic E-state index is -1.27. The molecule has 29 heavy (non-hydrogen) atoms. The summed E-state index contributed by atoms with van der Waals surface area (Å²) in [4.78, 5) is 47.3. The summed E-state index contributed by atoms with van der Waals surface area (Å²) in [5.74, 6) is -3.27. The first-order valence-electron chi connectivity index (χ1n) is 8.71. The second-order valence-electron chi connectivity index (χ2n) is 5.95. The Kier molecular flexibility index (Phi) is 7.84. The highest BCUT2D eigenvalue weighted by Gasteiger charge is 2.20. The molecule has 0 spiro atoms. The largest absolute Gasteiger partial charge is 0.451 e. The number of benzene rings is 2. The van der Waals surface area contributed by atoms with Gasteiger partial charge in [0.05, 0.1) is 5.56 Å². The van der Waals surface area contributed by atoms with Gasteiger partial charge in [0.15, 0.2) is 6.10 Å². The zero-order chi connectivity index (χ0) is 21.2. The maximum Gasteiger partial charge on any atom is 0.326 e. The van der Waals surface area contributed by atoms with E-state index in [0.29, 0.717) is 0 Å². The van der Waals surface area contributed by atoms with E-state index in [4.69, 9.17) is 4.74 Å². The van der Waals surface area contributed by atoms with Crippen LogP contribution >= 0.6 is 0 Å². The highest BCUT2D eigenvalue weighted by atomic mass is 19.1. The van der Waals surface area contributed by atoms with E-state index in [1.54, 1.807) is 0 Å². The molecular weight excluding hydrogens is 381 g/mol. The lowest BCUT2D eigenvalue weighted by Gasteiger charge is -2.14. The van der Waals surface area contributed by atoms with Crippen LogP contribution in [0.3, 0.4) is 0 Å². The lowest BCUT2D eigenvalue weighted by Crippen LogP contribution is -2.45. The monoisotopic (exact) mass is 401 g/mol. The van der Waals surface area contributed by atoms with Crippen molar-refractivity contribution in [1.82, 2.24) is 16.0 Å². The fourth-order valence-electron chi connectivity index (χ4n) is 2.22. The number of carbonyl (C=O) groups excluding carboxylic acids is 4. The molecule has 0 aliphatic rings. The minimum Gasteiger partial charge on any atom is -0.451 e. The number of nitrogens with one attached hydrogen (secondary N) is 3. The van der Waals surface area contributed by atoms with E-state index >= 15 is 0 Å².